The van der Waals surface area contributed by atoms with E-state index in [1.165, 1.54) is 12.1 Å². The van der Waals surface area contributed by atoms with Crippen LogP contribution in [0.25, 0.3) is 10.8 Å². The molecule has 3 aromatic carbocycles. The molecule has 26 heavy (non-hydrogen) atoms. The molecule has 0 saturated heterocycles. The molecule has 0 fully saturated rings. The van der Waals surface area contributed by atoms with Gasteiger partial charge in [0.25, 0.3) is 0 Å². The van der Waals surface area contributed by atoms with Gasteiger partial charge in [0.15, 0.2) is 0 Å². The Morgan fingerprint density at radius 1 is 0.885 bits per heavy atom. The minimum Gasteiger partial charge on any atom is -0.488 e. The molecule has 136 valence electrons. The second kappa shape index (κ2) is 6.87. The number of hydrogen-bond acceptors (Lipinski definition) is 4. The van der Waals surface area contributed by atoms with E-state index in [1.807, 2.05) is 30.3 Å². The van der Waals surface area contributed by atoms with Gasteiger partial charge in [-0.3, -0.25) is 0 Å². The van der Waals surface area contributed by atoms with Crippen molar-refractivity contribution in [2.75, 3.05) is 0 Å². The van der Waals surface area contributed by atoms with Gasteiger partial charge in [0, 0.05) is 5.39 Å². The van der Waals surface area contributed by atoms with Crippen LogP contribution < -0.4 is 8.92 Å². The Hall–Kier alpha value is -2.74. The van der Waals surface area contributed by atoms with Crippen LogP contribution in [0.4, 0.5) is 13.2 Å². The summed E-state index contributed by atoms with van der Waals surface area (Å²) in [6.07, 6.45) is 0. The lowest BCUT2D eigenvalue weighted by molar-refractivity contribution is -0.0500. The molecule has 8 heteroatoms. The summed E-state index contributed by atoms with van der Waals surface area (Å²) in [5.41, 5.74) is -4.58. The van der Waals surface area contributed by atoms with Crippen LogP contribution in [0.2, 0.25) is 0 Å². The zero-order valence-electron chi connectivity index (χ0n) is 13.2. The molecule has 0 saturated carbocycles. The third kappa shape index (κ3) is 3.91. The van der Waals surface area contributed by atoms with Crippen LogP contribution in [0.1, 0.15) is 5.56 Å². The van der Waals surface area contributed by atoms with E-state index in [0.717, 1.165) is 11.6 Å². The maximum Gasteiger partial charge on any atom is 0.534 e. The van der Waals surface area contributed by atoms with E-state index >= 15 is 0 Å². The van der Waals surface area contributed by atoms with Gasteiger partial charge in [0.2, 0.25) is 0 Å². The van der Waals surface area contributed by atoms with Crippen molar-refractivity contribution in [2.24, 2.45) is 0 Å². The Morgan fingerprint density at radius 3 is 2.31 bits per heavy atom. The first-order valence-corrected chi connectivity index (χ1v) is 8.87. The topological polar surface area (TPSA) is 52.6 Å². The number of fused-ring (bicyclic) bond motifs is 1. The lowest BCUT2D eigenvalue weighted by Gasteiger charge is -2.12. The van der Waals surface area contributed by atoms with Gasteiger partial charge >= 0.3 is 15.6 Å². The number of hydrogen-bond donors (Lipinski definition) is 0. The van der Waals surface area contributed by atoms with Crippen molar-refractivity contribution in [1.29, 1.82) is 0 Å². The summed E-state index contributed by atoms with van der Waals surface area (Å²) in [6.45, 7) is 0.256. The maximum atomic E-state index is 12.5. The zero-order valence-corrected chi connectivity index (χ0v) is 14.0. The van der Waals surface area contributed by atoms with E-state index < -0.39 is 21.4 Å². The molecule has 3 aromatic rings. The molecule has 0 aromatic heterocycles. The van der Waals surface area contributed by atoms with Gasteiger partial charge in [-0.15, -0.1) is 0 Å². The van der Waals surface area contributed by atoms with Crippen molar-refractivity contribution in [2.45, 2.75) is 12.1 Å². The van der Waals surface area contributed by atoms with Gasteiger partial charge in [0.1, 0.15) is 18.1 Å². The molecule has 0 aliphatic rings. The molecular formula is C18H13F3O4S. The first kappa shape index (κ1) is 18.1. The molecule has 0 N–H and O–H groups in total. The highest BCUT2D eigenvalue weighted by molar-refractivity contribution is 7.88. The first-order chi connectivity index (χ1) is 12.3. The third-order valence-corrected chi connectivity index (χ3v) is 4.52. The minimum absolute atomic E-state index is 0.256. The fraction of sp³-hybridized carbons (Fsp3) is 0.111. The highest BCUT2D eigenvalue weighted by atomic mass is 32.2. The SMILES string of the molecule is O=S(=O)(Oc1ccc2cccc(OCc3ccccc3)c2c1)C(F)(F)F. The molecule has 3 rings (SSSR count). The maximum absolute atomic E-state index is 12.5. The average molecular weight is 382 g/mol. The molecule has 0 heterocycles. The number of alkyl halides is 3. The van der Waals surface area contributed by atoms with E-state index in [2.05, 4.69) is 4.18 Å². The van der Waals surface area contributed by atoms with Crippen LogP contribution in [0.15, 0.2) is 66.7 Å². The molecule has 0 bridgehead atoms. The Labute approximate surface area is 147 Å². The van der Waals surface area contributed by atoms with Crippen molar-refractivity contribution in [3.05, 3.63) is 72.3 Å². The molecule has 0 unspecified atom stereocenters. The van der Waals surface area contributed by atoms with Gasteiger partial charge in [0.05, 0.1) is 0 Å². The fourth-order valence-electron chi connectivity index (χ4n) is 2.31. The summed E-state index contributed by atoms with van der Waals surface area (Å²) in [6, 6.07) is 18.3. The fourth-order valence-corrected chi connectivity index (χ4v) is 2.76. The highest BCUT2D eigenvalue weighted by Gasteiger charge is 2.48. The molecule has 0 amide bonds. The van der Waals surface area contributed by atoms with Crippen LogP contribution in [-0.2, 0) is 16.7 Å². The smallest absolute Gasteiger partial charge is 0.488 e. The quantitative estimate of drug-likeness (QED) is 0.476. The summed E-state index contributed by atoms with van der Waals surface area (Å²) < 4.78 is 69.7. The number of rotatable bonds is 5. The Bertz CT molecular complexity index is 1020. The average Bonchev–Trinajstić information content (AvgIpc) is 2.59. The standard InChI is InChI=1S/C18H13F3O4S/c19-18(20,21)26(22,23)25-15-10-9-14-7-4-8-17(16(14)11-15)24-12-13-5-2-1-3-6-13/h1-11H,12H2. The summed E-state index contributed by atoms with van der Waals surface area (Å²) >= 11 is 0. The van der Waals surface area contributed by atoms with E-state index in [1.54, 1.807) is 18.2 Å². The van der Waals surface area contributed by atoms with E-state index in [9.17, 15) is 21.6 Å². The number of halogens is 3. The lowest BCUT2D eigenvalue weighted by atomic mass is 10.1. The van der Waals surface area contributed by atoms with Crippen LogP contribution in [-0.4, -0.2) is 13.9 Å². The summed E-state index contributed by atoms with van der Waals surface area (Å²) in [5.74, 6) is -0.0354. The number of benzene rings is 3. The van der Waals surface area contributed by atoms with Gasteiger partial charge in [-0.05, 0) is 29.1 Å². The van der Waals surface area contributed by atoms with Crippen LogP contribution in [0.5, 0.6) is 11.5 Å². The van der Waals surface area contributed by atoms with Crippen molar-refractivity contribution in [1.82, 2.24) is 0 Å². The minimum atomic E-state index is -5.73. The second-order valence-corrected chi connectivity index (χ2v) is 6.93. The zero-order chi connectivity index (χ0) is 18.8. The summed E-state index contributed by atoms with van der Waals surface area (Å²) in [5, 5.41) is 1.12. The van der Waals surface area contributed by atoms with Crippen molar-refractivity contribution < 1.29 is 30.5 Å². The van der Waals surface area contributed by atoms with Crippen LogP contribution in [0, 0.1) is 0 Å². The monoisotopic (exact) mass is 382 g/mol. The van der Waals surface area contributed by atoms with Crippen LogP contribution >= 0.6 is 0 Å². The van der Waals surface area contributed by atoms with E-state index in [4.69, 9.17) is 4.74 Å². The van der Waals surface area contributed by atoms with Gasteiger partial charge in [-0.1, -0.05) is 48.5 Å². The molecule has 4 nitrogen and oxygen atoms in total. The van der Waals surface area contributed by atoms with Crippen molar-refractivity contribution >= 4 is 20.9 Å². The molecule has 0 spiro atoms. The first-order valence-electron chi connectivity index (χ1n) is 7.46. The van der Waals surface area contributed by atoms with Gasteiger partial charge < -0.3 is 8.92 Å². The molecule has 0 atom stereocenters. The largest absolute Gasteiger partial charge is 0.534 e. The number of ether oxygens (including phenoxy) is 1. The normalized spacial score (nSPS) is 12.1. The van der Waals surface area contributed by atoms with Gasteiger partial charge in [-0.25, -0.2) is 0 Å². The van der Waals surface area contributed by atoms with Crippen molar-refractivity contribution in [3.8, 4) is 11.5 Å². The molecule has 0 radical (unpaired) electrons. The second-order valence-electron chi connectivity index (χ2n) is 5.40. The Balaban J connectivity index is 1.90. The van der Waals surface area contributed by atoms with E-state index in [0.29, 0.717) is 16.5 Å². The molecule has 0 aliphatic carbocycles. The third-order valence-electron chi connectivity index (χ3n) is 3.54. The highest BCUT2D eigenvalue weighted by Crippen LogP contribution is 2.32. The summed E-state index contributed by atoms with van der Waals surface area (Å²) in [4.78, 5) is 0. The summed E-state index contributed by atoms with van der Waals surface area (Å²) in [7, 11) is -5.73. The predicted molar refractivity (Wildman–Crippen MR) is 90.3 cm³/mol. The predicted octanol–water partition coefficient (Wildman–Crippen LogP) is 4.65. The van der Waals surface area contributed by atoms with Crippen molar-refractivity contribution in [3.63, 3.8) is 0 Å². The lowest BCUT2D eigenvalue weighted by Crippen LogP contribution is -2.28. The Morgan fingerprint density at radius 2 is 1.62 bits per heavy atom. The molecule has 0 aliphatic heterocycles. The Kier molecular flexibility index (Phi) is 4.78. The van der Waals surface area contributed by atoms with Gasteiger partial charge in [-0.2, -0.15) is 21.6 Å². The van der Waals surface area contributed by atoms with E-state index in [-0.39, 0.29) is 6.61 Å². The molecular weight excluding hydrogens is 369 g/mol. The van der Waals surface area contributed by atoms with Crippen LogP contribution in [0.3, 0.4) is 0 Å².